The van der Waals surface area contributed by atoms with Crippen molar-refractivity contribution in [3.8, 4) is 11.1 Å². The van der Waals surface area contributed by atoms with Crippen LogP contribution in [0.4, 0.5) is 8.78 Å². The van der Waals surface area contributed by atoms with Gasteiger partial charge in [0.15, 0.2) is 0 Å². The van der Waals surface area contributed by atoms with Crippen molar-refractivity contribution >= 4 is 5.97 Å². The molecule has 0 saturated heterocycles. The molecule has 0 aromatic heterocycles. The summed E-state index contributed by atoms with van der Waals surface area (Å²) in [5, 5.41) is 8.85. The van der Waals surface area contributed by atoms with E-state index in [4.69, 9.17) is 5.11 Å². The van der Waals surface area contributed by atoms with Gasteiger partial charge in [-0.25, -0.2) is 13.6 Å². The highest BCUT2D eigenvalue weighted by Crippen LogP contribution is 2.32. The summed E-state index contributed by atoms with van der Waals surface area (Å²) < 4.78 is 26.1. The first-order chi connectivity index (χ1) is 8.99. The molecule has 0 unspecified atom stereocenters. The Morgan fingerprint density at radius 1 is 1.16 bits per heavy atom. The van der Waals surface area contributed by atoms with Crippen LogP contribution in [0.2, 0.25) is 0 Å². The van der Waals surface area contributed by atoms with Crippen molar-refractivity contribution in [3.05, 3.63) is 59.2 Å². The molecular weight excluding hydrogens is 250 g/mol. The van der Waals surface area contributed by atoms with Crippen LogP contribution in [0.3, 0.4) is 0 Å². The molecule has 2 aromatic carbocycles. The van der Waals surface area contributed by atoms with Gasteiger partial charge < -0.3 is 5.11 Å². The summed E-state index contributed by atoms with van der Waals surface area (Å²) >= 11 is 0. The first kappa shape index (κ1) is 13.2. The van der Waals surface area contributed by atoms with Crippen LogP contribution in [-0.2, 0) is 0 Å². The first-order valence-corrected chi connectivity index (χ1v) is 5.71. The third kappa shape index (κ3) is 2.78. The van der Waals surface area contributed by atoms with Gasteiger partial charge in [0.25, 0.3) is 6.43 Å². The average molecular weight is 262 g/mol. The second-order valence-electron chi connectivity index (χ2n) is 4.28. The maximum absolute atomic E-state index is 13.1. The molecule has 0 amide bonds. The van der Waals surface area contributed by atoms with Gasteiger partial charge in [0.1, 0.15) is 0 Å². The third-order valence-electron chi connectivity index (χ3n) is 2.86. The van der Waals surface area contributed by atoms with Crippen LogP contribution in [-0.4, -0.2) is 11.1 Å². The molecule has 0 spiro atoms. The molecule has 0 aliphatic carbocycles. The Morgan fingerprint density at radius 3 is 2.47 bits per heavy atom. The van der Waals surface area contributed by atoms with Crippen molar-refractivity contribution in [3.63, 3.8) is 0 Å². The van der Waals surface area contributed by atoms with E-state index in [2.05, 4.69) is 0 Å². The summed E-state index contributed by atoms with van der Waals surface area (Å²) in [5.41, 5.74) is 1.59. The molecule has 0 aliphatic heterocycles. The SMILES string of the molecule is Cc1cccc(-c2ccc(C(=O)O)cc2C(F)F)c1. The Bertz CT molecular complexity index is 621. The molecule has 0 radical (unpaired) electrons. The standard InChI is InChI=1S/C15H12F2O2/c1-9-3-2-4-10(7-9)12-6-5-11(15(18)19)8-13(12)14(16)17/h2-8,14H,1H3,(H,18,19). The molecule has 0 fully saturated rings. The van der Waals surface area contributed by atoms with E-state index in [1.807, 2.05) is 13.0 Å². The largest absolute Gasteiger partial charge is 0.478 e. The molecule has 2 nitrogen and oxygen atoms in total. The Kier molecular flexibility index (Phi) is 3.60. The van der Waals surface area contributed by atoms with Crippen LogP contribution in [0, 0.1) is 6.92 Å². The zero-order chi connectivity index (χ0) is 14.0. The van der Waals surface area contributed by atoms with Crippen molar-refractivity contribution in [2.24, 2.45) is 0 Å². The van der Waals surface area contributed by atoms with Crippen molar-refractivity contribution in [1.82, 2.24) is 0 Å². The number of carboxylic acid groups (broad SMARTS) is 1. The quantitative estimate of drug-likeness (QED) is 0.895. The Hall–Kier alpha value is -2.23. The minimum atomic E-state index is -2.71. The van der Waals surface area contributed by atoms with Crippen LogP contribution >= 0.6 is 0 Å². The lowest BCUT2D eigenvalue weighted by Crippen LogP contribution is -1.99. The van der Waals surface area contributed by atoms with Gasteiger partial charge in [-0.3, -0.25) is 0 Å². The highest BCUT2D eigenvalue weighted by atomic mass is 19.3. The van der Waals surface area contributed by atoms with Crippen LogP contribution in [0.25, 0.3) is 11.1 Å². The van der Waals surface area contributed by atoms with Gasteiger partial charge in [0.2, 0.25) is 0 Å². The fourth-order valence-electron chi connectivity index (χ4n) is 1.95. The number of hydrogen-bond donors (Lipinski definition) is 1. The number of benzene rings is 2. The summed E-state index contributed by atoms with van der Waals surface area (Å²) in [6.07, 6.45) is -2.71. The lowest BCUT2D eigenvalue weighted by molar-refractivity contribution is 0.0696. The Balaban J connectivity index is 2.60. The monoisotopic (exact) mass is 262 g/mol. The molecule has 0 aliphatic rings. The fourth-order valence-corrected chi connectivity index (χ4v) is 1.95. The minimum Gasteiger partial charge on any atom is -0.478 e. The van der Waals surface area contributed by atoms with Gasteiger partial charge in [0.05, 0.1) is 5.56 Å². The lowest BCUT2D eigenvalue weighted by atomic mass is 9.96. The second kappa shape index (κ2) is 5.18. The molecule has 0 bridgehead atoms. The molecule has 4 heteroatoms. The molecule has 2 rings (SSSR count). The summed E-state index contributed by atoms with van der Waals surface area (Å²) in [6.45, 7) is 1.87. The molecular formula is C15H12F2O2. The zero-order valence-electron chi connectivity index (χ0n) is 10.2. The van der Waals surface area contributed by atoms with Gasteiger partial charge in [-0.2, -0.15) is 0 Å². The topological polar surface area (TPSA) is 37.3 Å². The van der Waals surface area contributed by atoms with E-state index in [1.165, 1.54) is 12.1 Å². The molecule has 0 saturated carbocycles. The number of halogens is 2. The van der Waals surface area contributed by atoms with Crippen molar-refractivity contribution in [2.45, 2.75) is 13.3 Å². The second-order valence-corrected chi connectivity index (χ2v) is 4.28. The number of carboxylic acids is 1. The number of aromatic carboxylic acids is 1. The van der Waals surface area contributed by atoms with Gasteiger partial charge in [0, 0.05) is 5.56 Å². The van der Waals surface area contributed by atoms with Crippen molar-refractivity contribution < 1.29 is 18.7 Å². The lowest BCUT2D eigenvalue weighted by Gasteiger charge is -2.10. The van der Waals surface area contributed by atoms with E-state index in [-0.39, 0.29) is 11.1 Å². The number of carbonyl (C=O) groups is 1. The van der Waals surface area contributed by atoms with Gasteiger partial charge in [-0.15, -0.1) is 0 Å². The number of alkyl halides is 2. The minimum absolute atomic E-state index is 0.133. The zero-order valence-corrected chi connectivity index (χ0v) is 10.2. The summed E-state index contributed by atoms with van der Waals surface area (Å²) in [7, 11) is 0. The summed E-state index contributed by atoms with van der Waals surface area (Å²) in [4.78, 5) is 10.8. The normalized spacial score (nSPS) is 10.7. The predicted molar refractivity (Wildman–Crippen MR) is 68.5 cm³/mol. The molecule has 0 heterocycles. The molecule has 2 aromatic rings. The molecule has 19 heavy (non-hydrogen) atoms. The maximum Gasteiger partial charge on any atom is 0.335 e. The highest BCUT2D eigenvalue weighted by molar-refractivity contribution is 5.89. The smallest absolute Gasteiger partial charge is 0.335 e. The summed E-state index contributed by atoms with van der Waals surface area (Å²) in [6, 6.07) is 11.0. The van der Waals surface area contributed by atoms with E-state index >= 15 is 0 Å². The van der Waals surface area contributed by atoms with Gasteiger partial charge >= 0.3 is 5.97 Å². The van der Waals surface area contributed by atoms with E-state index < -0.39 is 12.4 Å². The van der Waals surface area contributed by atoms with E-state index in [0.717, 1.165) is 11.6 Å². The highest BCUT2D eigenvalue weighted by Gasteiger charge is 2.17. The maximum atomic E-state index is 13.1. The molecule has 1 N–H and O–H groups in total. The first-order valence-electron chi connectivity index (χ1n) is 5.71. The van der Waals surface area contributed by atoms with Crippen LogP contribution in [0.5, 0.6) is 0 Å². The molecule has 98 valence electrons. The Morgan fingerprint density at radius 2 is 1.89 bits per heavy atom. The predicted octanol–water partition coefficient (Wildman–Crippen LogP) is 4.30. The number of aryl methyl sites for hydroxylation is 1. The van der Waals surface area contributed by atoms with Crippen LogP contribution in [0.15, 0.2) is 42.5 Å². The van der Waals surface area contributed by atoms with E-state index in [1.54, 1.807) is 18.2 Å². The third-order valence-corrected chi connectivity index (χ3v) is 2.86. The number of hydrogen-bond acceptors (Lipinski definition) is 1. The number of rotatable bonds is 3. The molecule has 0 atom stereocenters. The van der Waals surface area contributed by atoms with Crippen molar-refractivity contribution in [2.75, 3.05) is 0 Å². The van der Waals surface area contributed by atoms with Gasteiger partial charge in [-0.1, -0.05) is 35.9 Å². The van der Waals surface area contributed by atoms with Gasteiger partial charge in [-0.05, 0) is 30.2 Å². The fraction of sp³-hybridized carbons (Fsp3) is 0.133. The summed E-state index contributed by atoms with van der Waals surface area (Å²) in [5.74, 6) is -1.21. The van der Waals surface area contributed by atoms with Crippen LogP contribution in [0.1, 0.15) is 27.9 Å². The average Bonchev–Trinajstić information content (AvgIpc) is 2.37. The van der Waals surface area contributed by atoms with Crippen LogP contribution < -0.4 is 0 Å². The van der Waals surface area contributed by atoms with E-state index in [0.29, 0.717) is 11.1 Å². The van der Waals surface area contributed by atoms with Crippen molar-refractivity contribution in [1.29, 1.82) is 0 Å². The van der Waals surface area contributed by atoms with E-state index in [9.17, 15) is 13.6 Å². The Labute approximate surface area is 109 Å².